The Morgan fingerprint density at radius 2 is 0.847 bits per heavy atom. The Kier molecular flexibility index (Phi) is 20.5. The van der Waals surface area contributed by atoms with E-state index in [4.69, 9.17) is 0 Å². The molecule has 0 unspecified atom stereocenters. The molecule has 0 N–H and O–H groups in total. The van der Waals surface area contributed by atoms with Gasteiger partial charge < -0.3 is 9.80 Å². The van der Waals surface area contributed by atoms with Gasteiger partial charge in [0.05, 0.1) is 0 Å². The number of hydrogen-bond donors (Lipinski definition) is 0. The number of aryl methyl sites for hydroxylation is 2. The molecule has 4 nitrogen and oxygen atoms in total. The summed E-state index contributed by atoms with van der Waals surface area (Å²) in [6.07, 6.45) is 3.00. The predicted molar refractivity (Wildman–Crippen MR) is 228 cm³/mol. The Labute approximate surface area is 363 Å². The quantitative estimate of drug-likeness (QED) is 0.0783. The van der Waals surface area contributed by atoms with Crippen molar-refractivity contribution in [2.75, 3.05) is 9.80 Å². The van der Waals surface area contributed by atoms with Crippen molar-refractivity contribution >= 4 is 34.6 Å². The van der Waals surface area contributed by atoms with Crippen molar-refractivity contribution in [3.05, 3.63) is 180 Å². The summed E-state index contributed by atoms with van der Waals surface area (Å²) in [6, 6.07) is 43.3. The molecule has 308 valence electrons. The molecule has 0 fully saturated rings. The number of benzene rings is 4. The van der Waals surface area contributed by atoms with Crippen LogP contribution in [-0.4, -0.2) is 11.8 Å². The smallest absolute Gasteiger partial charge is 0.333 e. The monoisotopic (exact) mass is 838 g/mol. The molecule has 0 radical (unpaired) electrons. The summed E-state index contributed by atoms with van der Waals surface area (Å²) in [5, 5.41) is 0. The predicted octanol–water partition coefficient (Wildman–Crippen LogP) is 13.9. The van der Waals surface area contributed by atoms with Crippen molar-refractivity contribution in [2.45, 2.75) is 81.1 Å². The van der Waals surface area contributed by atoms with Gasteiger partial charge in [-0.25, -0.2) is 41.8 Å². The Bertz CT molecular complexity index is 1920. The zero-order chi connectivity index (χ0) is 42.9. The third-order valence-electron chi connectivity index (χ3n) is 9.17. The summed E-state index contributed by atoms with van der Waals surface area (Å²) in [5.74, 6) is -3.80. The van der Waals surface area contributed by atoms with Crippen molar-refractivity contribution in [1.29, 1.82) is 0 Å². The second kappa shape index (κ2) is 24.1. The van der Waals surface area contributed by atoms with Gasteiger partial charge in [-0.2, -0.15) is 36.4 Å². The molecule has 6 rings (SSSR count). The largest absolute Gasteiger partial charge is 4.00 e. The average molecular weight is 839 g/mol. The first-order valence-electron chi connectivity index (χ1n) is 19.4. The maximum Gasteiger partial charge on any atom is 4.00 e. The molecule has 0 heterocycles. The summed E-state index contributed by atoms with van der Waals surface area (Å²) in [5.41, 5.74) is 1.85. The number of amides is 2. The molecule has 59 heavy (non-hydrogen) atoms. The van der Waals surface area contributed by atoms with Crippen molar-refractivity contribution in [3.63, 3.8) is 0 Å². The second-order valence-corrected chi connectivity index (χ2v) is 15.2. The fraction of sp³-hybridized carbons (Fsp3) is 0.280. The van der Waals surface area contributed by atoms with Crippen LogP contribution < -0.4 is 9.80 Å². The van der Waals surface area contributed by atoms with Gasteiger partial charge in [0.1, 0.15) is 0 Å². The molecule has 0 atom stereocenters. The van der Waals surface area contributed by atoms with Crippen molar-refractivity contribution in [3.8, 4) is 0 Å². The molecule has 6 aromatic rings. The van der Waals surface area contributed by atoms with Crippen LogP contribution in [0.2, 0.25) is 0 Å². The van der Waals surface area contributed by atoms with E-state index in [1.54, 1.807) is 24.3 Å². The van der Waals surface area contributed by atoms with E-state index < -0.39 is 34.1 Å². The first kappa shape index (κ1) is 50.1. The average Bonchev–Trinajstić information content (AvgIpc) is 3.96. The number of anilines is 4. The third kappa shape index (κ3) is 15.2. The minimum Gasteiger partial charge on any atom is -0.333 e. The van der Waals surface area contributed by atoms with E-state index in [0.717, 1.165) is 36.1 Å². The fourth-order valence-electron chi connectivity index (χ4n) is 6.05. The second-order valence-electron chi connectivity index (χ2n) is 15.2. The summed E-state index contributed by atoms with van der Waals surface area (Å²) >= 11 is 0. The maximum absolute atomic E-state index is 14.3. The van der Waals surface area contributed by atoms with Gasteiger partial charge in [0.15, 0.2) is 0 Å². The molecule has 0 saturated carbocycles. The van der Waals surface area contributed by atoms with Crippen LogP contribution in [0.5, 0.6) is 0 Å². The number of carbonyl (C=O) groups excluding carboxylic acids is 2. The van der Waals surface area contributed by atoms with E-state index >= 15 is 0 Å². The Hall–Kier alpha value is -5.05. The maximum atomic E-state index is 14.3. The number of rotatable bonds is 10. The standard InChI is InChI=1S/2C20H22F2NO.2C5H5.Ti/c2*1-5-12-20(3,4)19(24)23(16-9-6-14(2)7-10-16)18-11-8-15(21)13-17(18)22;2*1-2-4-5-3-1;/h2*6-11H,5,12H2,1-4H3;2*1-5H;/q4*-1;+4. The molecule has 6 aromatic carbocycles. The van der Waals surface area contributed by atoms with Crippen LogP contribution in [-0.2, 0) is 31.3 Å². The Morgan fingerprint density at radius 3 is 1.08 bits per heavy atom. The first-order valence-corrected chi connectivity index (χ1v) is 19.4. The van der Waals surface area contributed by atoms with Gasteiger partial charge in [0.2, 0.25) is 11.8 Å². The molecule has 0 aliphatic carbocycles. The number of carbonyl (C=O) groups is 2. The zero-order valence-electron chi connectivity index (χ0n) is 35.3. The third-order valence-corrected chi connectivity index (χ3v) is 9.17. The first-order chi connectivity index (χ1) is 27.5. The van der Waals surface area contributed by atoms with Gasteiger partial charge in [0.25, 0.3) is 0 Å². The summed E-state index contributed by atoms with van der Waals surface area (Å²) in [6.45, 7) is 15.2. The molecule has 0 spiro atoms. The van der Waals surface area contributed by atoms with Gasteiger partial charge in [-0.05, 0) is 62.3 Å². The molecule has 0 aromatic heterocycles. The van der Waals surface area contributed by atoms with Crippen LogP contribution >= 0.6 is 0 Å². The van der Waals surface area contributed by atoms with Gasteiger partial charge >= 0.3 is 21.7 Å². The summed E-state index contributed by atoms with van der Waals surface area (Å²) < 4.78 is 55.1. The van der Waals surface area contributed by atoms with E-state index in [-0.39, 0.29) is 44.9 Å². The van der Waals surface area contributed by atoms with Gasteiger partial charge in [-0.15, -0.1) is 36.4 Å². The van der Waals surface area contributed by atoms with E-state index in [9.17, 15) is 27.2 Å². The van der Waals surface area contributed by atoms with Gasteiger partial charge in [0, 0.05) is 45.5 Å². The number of halogens is 4. The molecular formula is C50H54F4N2O2Ti. The SMILES string of the molecule is CCCC(C)(C)C(=O)N(c1ccc(C)cc1)c1ccc(F)[c-]c1F.CCCC(C)(C)C(=O)N(c1ccc(C)cc1)c1ccc(F)[c-]c1F.[Ti+4].c1cc[cH-]c1.c1cc[cH-]c1. The molecule has 0 bridgehead atoms. The summed E-state index contributed by atoms with van der Waals surface area (Å²) in [4.78, 5) is 28.9. The van der Waals surface area contributed by atoms with Crippen LogP contribution in [0.1, 0.15) is 78.4 Å². The molecule has 0 aliphatic rings. The van der Waals surface area contributed by atoms with Crippen molar-refractivity contribution < 1.29 is 48.9 Å². The van der Waals surface area contributed by atoms with Crippen LogP contribution in [0, 0.1) is 60.1 Å². The van der Waals surface area contributed by atoms with Crippen LogP contribution in [0.25, 0.3) is 0 Å². The van der Waals surface area contributed by atoms with Gasteiger partial charge in [-0.3, -0.25) is 9.59 Å². The number of hydrogen-bond acceptors (Lipinski definition) is 2. The van der Waals surface area contributed by atoms with Crippen molar-refractivity contribution in [2.24, 2.45) is 10.8 Å². The van der Waals surface area contributed by atoms with Crippen LogP contribution in [0.4, 0.5) is 40.3 Å². The van der Waals surface area contributed by atoms with Gasteiger partial charge in [-0.1, -0.05) is 89.8 Å². The Morgan fingerprint density at radius 1 is 0.542 bits per heavy atom. The normalized spacial score (nSPS) is 10.6. The molecular weight excluding hydrogens is 784 g/mol. The topological polar surface area (TPSA) is 40.6 Å². The molecule has 9 heteroatoms. The van der Waals surface area contributed by atoms with E-state index in [0.29, 0.717) is 24.2 Å². The van der Waals surface area contributed by atoms with Crippen LogP contribution in [0.3, 0.4) is 0 Å². The van der Waals surface area contributed by atoms with Crippen LogP contribution in [0.15, 0.2) is 133 Å². The fourth-order valence-corrected chi connectivity index (χ4v) is 6.05. The minimum atomic E-state index is -0.878. The Balaban J connectivity index is 0.000000323. The molecule has 0 saturated heterocycles. The zero-order valence-corrected chi connectivity index (χ0v) is 36.8. The van der Waals surface area contributed by atoms with E-state index in [2.05, 4.69) is 0 Å². The summed E-state index contributed by atoms with van der Waals surface area (Å²) in [7, 11) is 0. The van der Waals surface area contributed by atoms with Crippen molar-refractivity contribution in [1.82, 2.24) is 0 Å². The van der Waals surface area contributed by atoms with E-state index in [1.807, 2.05) is 152 Å². The minimum absolute atomic E-state index is 0. The molecule has 0 aliphatic heterocycles. The van der Waals surface area contributed by atoms with E-state index in [1.165, 1.54) is 21.9 Å². The number of nitrogens with zero attached hydrogens (tertiary/aromatic N) is 2. The molecule has 2 amide bonds.